The lowest BCUT2D eigenvalue weighted by Crippen LogP contribution is -2.67. The highest BCUT2D eigenvalue weighted by atomic mass is 32.2. The van der Waals surface area contributed by atoms with E-state index in [9.17, 15) is 37.0 Å². The van der Waals surface area contributed by atoms with Crippen LogP contribution in [0.1, 0.15) is 70.6 Å². The first-order valence-electron chi connectivity index (χ1n) is 12.9. The standard InChI is InChI=1S/C24H32F2O10S/c25-24(26,37(31,32)33)19(28)35-18-15-1-13-2-16(18)8-22(5-13,7-15)34-9-17(27)36-23-6-14-3-20(29,11-23)10-21(30,4-14)12-23/h13-16,18,29-30H,1-12H2,(H,31,32,33). The van der Waals surface area contributed by atoms with Gasteiger partial charge in [-0.15, -0.1) is 0 Å². The lowest BCUT2D eigenvalue weighted by molar-refractivity contribution is -0.265. The van der Waals surface area contributed by atoms with Gasteiger partial charge in [-0.3, -0.25) is 4.55 Å². The summed E-state index contributed by atoms with van der Waals surface area (Å²) in [6.45, 7) is -0.333. The number of hydrogen-bond donors (Lipinski definition) is 3. The first-order chi connectivity index (χ1) is 17.0. The molecule has 0 aliphatic heterocycles. The van der Waals surface area contributed by atoms with Crippen LogP contribution in [0.2, 0.25) is 0 Å². The monoisotopic (exact) mass is 550 g/mol. The van der Waals surface area contributed by atoms with Gasteiger partial charge in [0.25, 0.3) is 0 Å². The fourth-order valence-corrected chi connectivity index (χ4v) is 9.68. The van der Waals surface area contributed by atoms with Crippen LogP contribution in [0.4, 0.5) is 8.78 Å². The van der Waals surface area contributed by atoms with E-state index in [2.05, 4.69) is 0 Å². The maximum absolute atomic E-state index is 13.8. The number of rotatable bonds is 7. The van der Waals surface area contributed by atoms with Crippen molar-refractivity contribution in [2.75, 3.05) is 6.61 Å². The number of aliphatic hydroxyl groups is 2. The molecule has 13 heteroatoms. The van der Waals surface area contributed by atoms with Crippen molar-refractivity contribution in [2.24, 2.45) is 23.7 Å². The van der Waals surface area contributed by atoms with Crippen molar-refractivity contribution in [1.29, 1.82) is 0 Å². The average Bonchev–Trinajstić information content (AvgIpc) is 2.70. The van der Waals surface area contributed by atoms with Gasteiger partial charge in [0, 0.05) is 19.3 Å². The molecule has 8 saturated carbocycles. The Morgan fingerprint density at radius 2 is 1.43 bits per heavy atom. The number of halogens is 2. The Balaban J connectivity index is 1.09. The largest absolute Gasteiger partial charge is 0.465 e. The molecule has 8 rings (SSSR count). The van der Waals surface area contributed by atoms with Crippen molar-refractivity contribution in [3.8, 4) is 0 Å². The molecule has 37 heavy (non-hydrogen) atoms. The highest BCUT2D eigenvalue weighted by molar-refractivity contribution is 7.87. The number of hydrogen-bond acceptors (Lipinski definition) is 9. The number of carbonyl (C=O) groups is 2. The molecule has 4 atom stereocenters. The van der Waals surface area contributed by atoms with Crippen molar-refractivity contribution in [3.63, 3.8) is 0 Å². The molecule has 0 aromatic heterocycles. The minimum absolute atomic E-state index is 0.0935. The van der Waals surface area contributed by atoms with Gasteiger partial charge in [0.15, 0.2) is 0 Å². The van der Waals surface area contributed by atoms with E-state index in [0.717, 1.165) is 0 Å². The second-order valence-corrected chi connectivity index (χ2v) is 14.4. The van der Waals surface area contributed by atoms with E-state index in [-0.39, 0.29) is 30.3 Å². The van der Waals surface area contributed by atoms with Crippen molar-refractivity contribution in [2.45, 2.75) is 104 Å². The van der Waals surface area contributed by atoms with Crippen molar-refractivity contribution < 1.29 is 55.8 Å². The topological polar surface area (TPSA) is 157 Å². The molecular formula is C24H32F2O10S. The molecule has 0 amide bonds. The highest BCUT2D eigenvalue weighted by Crippen LogP contribution is 2.61. The number of ether oxygens (including phenoxy) is 3. The lowest BCUT2D eigenvalue weighted by Gasteiger charge is -2.62. The Kier molecular flexibility index (Phi) is 5.47. The fraction of sp³-hybridized carbons (Fsp3) is 0.917. The van der Waals surface area contributed by atoms with Crippen LogP contribution in [0.5, 0.6) is 0 Å². The molecule has 0 aromatic rings. The zero-order valence-corrected chi connectivity index (χ0v) is 21.1. The maximum atomic E-state index is 13.8. The normalized spacial score (nSPS) is 47.8. The van der Waals surface area contributed by atoms with Crippen LogP contribution in [0.15, 0.2) is 0 Å². The third-order valence-corrected chi connectivity index (χ3v) is 10.5. The van der Waals surface area contributed by atoms with Gasteiger partial charge in [0.1, 0.15) is 18.3 Å². The van der Waals surface area contributed by atoms with Crippen LogP contribution >= 0.6 is 0 Å². The van der Waals surface area contributed by atoms with Gasteiger partial charge >= 0.3 is 27.3 Å². The van der Waals surface area contributed by atoms with Gasteiger partial charge in [-0.2, -0.15) is 17.2 Å². The van der Waals surface area contributed by atoms with Crippen LogP contribution in [0, 0.1) is 23.7 Å². The molecule has 8 aliphatic rings. The van der Waals surface area contributed by atoms with Gasteiger partial charge < -0.3 is 24.4 Å². The molecule has 3 N–H and O–H groups in total. The molecule has 0 heterocycles. The van der Waals surface area contributed by atoms with Gasteiger partial charge in [-0.25, -0.2) is 9.59 Å². The van der Waals surface area contributed by atoms with Crippen LogP contribution in [0.25, 0.3) is 0 Å². The van der Waals surface area contributed by atoms with E-state index < -0.39 is 55.8 Å². The van der Waals surface area contributed by atoms with Gasteiger partial charge in [0.05, 0.1) is 16.8 Å². The van der Waals surface area contributed by atoms with E-state index in [1.165, 1.54) is 0 Å². The fourth-order valence-electron chi connectivity index (χ4n) is 9.42. The van der Waals surface area contributed by atoms with Crippen molar-refractivity contribution >= 4 is 22.1 Å². The first-order valence-corrected chi connectivity index (χ1v) is 14.3. The Morgan fingerprint density at radius 3 is 1.97 bits per heavy atom. The molecule has 8 aliphatic carbocycles. The molecule has 0 saturated heterocycles. The van der Waals surface area contributed by atoms with Crippen LogP contribution in [-0.4, -0.2) is 75.5 Å². The molecule has 0 radical (unpaired) electrons. The molecular weight excluding hydrogens is 518 g/mol. The van der Waals surface area contributed by atoms with Crippen molar-refractivity contribution in [3.05, 3.63) is 0 Å². The van der Waals surface area contributed by atoms with Gasteiger partial charge in [0.2, 0.25) is 0 Å². The summed E-state index contributed by atoms with van der Waals surface area (Å²) in [5.41, 5.74) is -3.69. The maximum Gasteiger partial charge on any atom is 0.465 e. The number of esters is 2. The van der Waals surface area contributed by atoms with Crippen LogP contribution in [-0.2, 0) is 33.9 Å². The van der Waals surface area contributed by atoms with Gasteiger partial charge in [-0.05, 0) is 75.0 Å². The molecule has 0 aromatic carbocycles. The predicted octanol–water partition coefficient (Wildman–Crippen LogP) is 1.72. The molecule has 0 spiro atoms. The molecule has 8 bridgehead atoms. The summed E-state index contributed by atoms with van der Waals surface area (Å²) < 4.78 is 75.0. The van der Waals surface area contributed by atoms with Crippen LogP contribution < -0.4 is 0 Å². The zero-order valence-electron chi connectivity index (χ0n) is 20.2. The zero-order chi connectivity index (χ0) is 26.6. The Hall–Kier alpha value is -1.41. The van der Waals surface area contributed by atoms with E-state index in [4.69, 9.17) is 18.8 Å². The smallest absolute Gasteiger partial charge is 0.457 e. The van der Waals surface area contributed by atoms with Crippen LogP contribution in [0.3, 0.4) is 0 Å². The Bertz CT molecular complexity index is 1090. The van der Waals surface area contributed by atoms with E-state index in [1.54, 1.807) is 0 Å². The quantitative estimate of drug-likeness (QED) is 0.315. The number of alkyl halides is 2. The minimum atomic E-state index is -5.95. The predicted molar refractivity (Wildman–Crippen MR) is 119 cm³/mol. The molecule has 8 fully saturated rings. The number of carbonyl (C=O) groups excluding carboxylic acids is 2. The summed E-state index contributed by atoms with van der Waals surface area (Å²) in [4.78, 5) is 24.8. The summed E-state index contributed by atoms with van der Waals surface area (Å²) in [5, 5.41) is 16.8. The summed E-state index contributed by atoms with van der Waals surface area (Å²) in [5.74, 6) is -3.26. The van der Waals surface area contributed by atoms with Crippen molar-refractivity contribution in [1.82, 2.24) is 0 Å². The highest BCUT2D eigenvalue weighted by Gasteiger charge is 2.65. The van der Waals surface area contributed by atoms with E-state index >= 15 is 0 Å². The molecule has 208 valence electrons. The second kappa shape index (κ2) is 7.83. The second-order valence-electron chi connectivity index (χ2n) is 12.9. The first kappa shape index (κ1) is 25.8. The summed E-state index contributed by atoms with van der Waals surface area (Å²) >= 11 is 0. The average molecular weight is 551 g/mol. The SMILES string of the molecule is O=C(COC12CC3CC(C1)C(OC(=O)C(F)(F)S(=O)(=O)O)C(C3)C2)OC12CC3CC(O)(CC(O)(C3)C1)C2. The summed E-state index contributed by atoms with van der Waals surface area (Å²) in [7, 11) is -5.95. The summed E-state index contributed by atoms with van der Waals surface area (Å²) in [6.07, 6.45) is 4.34. The lowest BCUT2D eigenvalue weighted by atomic mass is 9.50. The van der Waals surface area contributed by atoms with Gasteiger partial charge in [-0.1, -0.05) is 0 Å². The van der Waals surface area contributed by atoms with E-state index in [0.29, 0.717) is 70.6 Å². The molecule has 4 unspecified atom stereocenters. The Morgan fingerprint density at radius 1 is 0.865 bits per heavy atom. The molecule has 10 nitrogen and oxygen atoms in total. The minimum Gasteiger partial charge on any atom is -0.457 e. The third kappa shape index (κ3) is 4.29. The van der Waals surface area contributed by atoms with E-state index in [1.807, 2.05) is 0 Å². The Labute approximate surface area is 212 Å². The third-order valence-electron chi connectivity index (χ3n) is 9.72. The summed E-state index contributed by atoms with van der Waals surface area (Å²) in [6, 6.07) is 0.